The van der Waals surface area contributed by atoms with Crippen LogP contribution in [0.25, 0.3) is 0 Å². The Morgan fingerprint density at radius 3 is 2.50 bits per heavy atom. The molecule has 2 N–H and O–H groups in total. The molecule has 5 heteroatoms. The van der Waals surface area contributed by atoms with Crippen molar-refractivity contribution in [2.75, 3.05) is 10.5 Å². The van der Waals surface area contributed by atoms with Crippen LogP contribution in [-0.2, 0) is 10.0 Å². The Kier molecular flexibility index (Phi) is 3.80. The second-order valence-corrected chi connectivity index (χ2v) is 6.04. The van der Waals surface area contributed by atoms with Crippen molar-refractivity contribution in [1.82, 2.24) is 0 Å². The molecule has 0 aliphatic rings. The van der Waals surface area contributed by atoms with Gasteiger partial charge in [0.2, 0.25) is 10.0 Å². The van der Waals surface area contributed by atoms with Crippen molar-refractivity contribution < 1.29 is 13.5 Å². The minimum absolute atomic E-state index is 0.0786. The zero-order valence-electron chi connectivity index (χ0n) is 9.69. The van der Waals surface area contributed by atoms with E-state index in [1.807, 2.05) is 13.8 Å². The van der Waals surface area contributed by atoms with Crippen LogP contribution in [0, 0.1) is 12.8 Å². The third kappa shape index (κ3) is 3.73. The molecular weight excluding hydrogens is 226 g/mol. The van der Waals surface area contributed by atoms with Crippen molar-refractivity contribution in [3.63, 3.8) is 0 Å². The molecule has 0 heterocycles. The van der Waals surface area contributed by atoms with Crippen molar-refractivity contribution in [3.8, 4) is 5.75 Å². The summed E-state index contributed by atoms with van der Waals surface area (Å²) in [5.41, 5.74) is 1.21. The van der Waals surface area contributed by atoms with Crippen molar-refractivity contribution in [1.29, 1.82) is 0 Å². The van der Waals surface area contributed by atoms with E-state index in [1.165, 1.54) is 12.1 Å². The number of aromatic hydroxyl groups is 1. The highest BCUT2D eigenvalue weighted by atomic mass is 32.2. The molecule has 16 heavy (non-hydrogen) atoms. The number of sulfonamides is 1. The van der Waals surface area contributed by atoms with Gasteiger partial charge in [-0.3, -0.25) is 4.72 Å². The van der Waals surface area contributed by atoms with Crippen molar-refractivity contribution in [3.05, 3.63) is 23.8 Å². The van der Waals surface area contributed by atoms with Crippen LogP contribution in [0.2, 0.25) is 0 Å². The summed E-state index contributed by atoms with van der Waals surface area (Å²) in [6.07, 6.45) is 0. The van der Waals surface area contributed by atoms with Gasteiger partial charge in [-0.15, -0.1) is 0 Å². The average molecular weight is 243 g/mol. The van der Waals surface area contributed by atoms with E-state index in [4.69, 9.17) is 0 Å². The second kappa shape index (κ2) is 4.74. The summed E-state index contributed by atoms with van der Waals surface area (Å²) >= 11 is 0. The molecule has 0 aliphatic heterocycles. The molecule has 0 fully saturated rings. The molecule has 0 unspecified atom stereocenters. The lowest BCUT2D eigenvalue weighted by Crippen LogP contribution is -2.20. The third-order valence-corrected chi connectivity index (χ3v) is 3.66. The van der Waals surface area contributed by atoms with Gasteiger partial charge in [-0.1, -0.05) is 13.8 Å². The molecule has 90 valence electrons. The van der Waals surface area contributed by atoms with Gasteiger partial charge in [0.25, 0.3) is 0 Å². The van der Waals surface area contributed by atoms with Crippen LogP contribution >= 0.6 is 0 Å². The molecule has 0 aliphatic carbocycles. The van der Waals surface area contributed by atoms with E-state index in [-0.39, 0.29) is 17.4 Å². The summed E-state index contributed by atoms with van der Waals surface area (Å²) in [5.74, 6) is 0.298. The molecule has 4 nitrogen and oxygen atoms in total. The topological polar surface area (TPSA) is 66.4 Å². The van der Waals surface area contributed by atoms with E-state index < -0.39 is 10.0 Å². The van der Waals surface area contributed by atoms with E-state index in [0.717, 1.165) is 0 Å². The molecule has 0 amide bonds. The summed E-state index contributed by atoms with van der Waals surface area (Å²) in [5, 5.41) is 9.20. The number of nitrogens with one attached hydrogen (secondary N) is 1. The number of phenolic OH excluding ortho intramolecular Hbond substituents is 1. The van der Waals surface area contributed by atoms with Crippen LogP contribution in [0.3, 0.4) is 0 Å². The maximum Gasteiger partial charge on any atom is 0.232 e. The molecule has 0 spiro atoms. The van der Waals surface area contributed by atoms with Gasteiger partial charge in [-0.05, 0) is 36.6 Å². The molecule has 1 rings (SSSR count). The molecule has 0 saturated heterocycles. The molecule has 0 atom stereocenters. The van der Waals surface area contributed by atoms with Crippen LogP contribution < -0.4 is 4.72 Å². The van der Waals surface area contributed by atoms with Crippen molar-refractivity contribution in [2.45, 2.75) is 20.8 Å². The van der Waals surface area contributed by atoms with Gasteiger partial charge in [0, 0.05) is 0 Å². The lowest BCUT2D eigenvalue weighted by molar-refractivity contribution is 0.475. The van der Waals surface area contributed by atoms with Crippen molar-refractivity contribution in [2.24, 2.45) is 5.92 Å². The Labute approximate surface area is 96.4 Å². The Balaban J connectivity index is 2.88. The first-order chi connectivity index (χ1) is 7.30. The van der Waals surface area contributed by atoms with Crippen LogP contribution in [0.5, 0.6) is 5.75 Å². The molecule has 1 aromatic carbocycles. The quantitative estimate of drug-likeness (QED) is 0.796. The predicted octanol–water partition coefficient (Wildman–Crippen LogP) is 2.10. The average Bonchev–Trinajstić information content (AvgIpc) is 2.07. The number of aryl methyl sites for hydroxylation is 1. The molecule has 0 radical (unpaired) electrons. The highest BCUT2D eigenvalue weighted by Crippen LogP contribution is 2.21. The number of phenols is 1. The minimum atomic E-state index is -3.30. The first kappa shape index (κ1) is 12.8. The normalized spacial score (nSPS) is 11.8. The number of hydrogen-bond donors (Lipinski definition) is 2. The molecular formula is C11H17NO3S. The monoisotopic (exact) mass is 243 g/mol. The zero-order valence-corrected chi connectivity index (χ0v) is 10.5. The van der Waals surface area contributed by atoms with Crippen LogP contribution in [0.15, 0.2) is 18.2 Å². The summed E-state index contributed by atoms with van der Waals surface area (Å²) < 4.78 is 25.9. The van der Waals surface area contributed by atoms with E-state index in [2.05, 4.69) is 4.72 Å². The third-order valence-electron chi connectivity index (χ3n) is 2.03. The van der Waals surface area contributed by atoms with Crippen LogP contribution in [0.1, 0.15) is 19.4 Å². The highest BCUT2D eigenvalue weighted by molar-refractivity contribution is 7.92. The largest absolute Gasteiger partial charge is 0.508 e. The highest BCUT2D eigenvalue weighted by Gasteiger charge is 2.13. The smallest absolute Gasteiger partial charge is 0.232 e. The lowest BCUT2D eigenvalue weighted by atomic mass is 10.2. The fourth-order valence-corrected chi connectivity index (χ4v) is 2.94. The van der Waals surface area contributed by atoms with E-state index in [0.29, 0.717) is 11.3 Å². The Morgan fingerprint density at radius 1 is 1.38 bits per heavy atom. The van der Waals surface area contributed by atoms with Gasteiger partial charge in [0.05, 0.1) is 11.4 Å². The SMILES string of the molecule is Cc1cc(O)ccc1NS(=O)(=O)CC(C)C. The van der Waals surface area contributed by atoms with Crippen molar-refractivity contribution >= 4 is 15.7 Å². The summed E-state index contributed by atoms with van der Waals surface area (Å²) in [6.45, 7) is 5.44. The fraction of sp³-hybridized carbons (Fsp3) is 0.455. The Hall–Kier alpha value is -1.23. The number of benzene rings is 1. The maximum atomic E-state index is 11.7. The zero-order chi connectivity index (χ0) is 12.3. The van der Waals surface area contributed by atoms with E-state index in [9.17, 15) is 13.5 Å². The van der Waals surface area contributed by atoms with E-state index in [1.54, 1.807) is 13.0 Å². The standard InChI is InChI=1S/C11H17NO3S/c1-8(2)7-16(14,15)12-11-5-4-10(13)6-9(11)3/h4-6,8,12-13H,7H2,1-3H3. The van der Waals surface area contributed by atoms with Gasteiger partial charge < -0.3 is 5.11 Å². The fourth-order valence-electron chi connectivity index (χ4n) is 1.41. The lowest BCUT2D eigenvalue weighted by Gasteiger charge is -2.12. The maximum absolute atomic E-state index is 11.7. The number of anilines is 1. The van der Waals surface area contributed by atoms with E-state index >= 15 is 0 Å². The summed E-state index contributed by atoms with van der Waals surface area (Å²) in [6, 6.07) is 4.54. The minimum Gasteiger partial charge on any atom is -0.508 e. The van der Waals surface area contributed by atoms with Crippen LogP contribution in [-0.4, -0.2) is 19.3 Å². The predicted molar refractivity (Wildman–Crippen MR) is 65.1 cm³/mol. The van der Waals surface area contributed by atoms with Crippen LogP contribution in [0.4, 0.5) is 5.69 Å². The molecule has 0 bridgehead atoms. The molecule has 1 aromatic rings. The first-order valence-corrected chi connectivity index (χ1v) is 6.75. The Morgan fingerprint density at radius 2 is 2.00 bits per heavy atom. The van der Waals surface area contributed by atoms with Gasteiger partial charge >= 0.3 is 0 Å². The Bertz CT molecular complexity index is 466. The number of rotatable bonds is 4. The number of hydrogen-bond acceptors (Lipinski definition) is 3. The molecule has 0 saturated carbocycles. The first-order valence-electron chi connectivity index (χ1n) is 5.10. The van der Waals surface area contributed by atoms with Gasteiger partial charge in [0.15, 0.2) is 0 Å². The summed E-state index contributed by atoms with van der Waals surface area (Å²) in [4.78, 5) is 0. The molecule has 0 aromatic heterocycles. The van der Waals surface area contributed by atoms with Gasteiger partial charge in [-0.25, -0.2) is 8.42 Å². The van der Waals surface area contributed by atoms with Gasteiger partial charge in [0.1, 0.15) is 5.75 Å². The van der Waals surface area contributed by atoms with Gasteiger partial charge in [-0.2, -0.15) is 0 Å². The second-order valence-electron chi connectivity index (χ2n) is 4.28. The summed E-state index contributed by atoms with van der Waals surface area (Å²) in [7, 11) is -3.30.